The lowest BCUT2D eigenvalue weighted by atomic mass is 9.92. The fourth-order valence-corrected chi connectivity index (χ4v) is 5.99. The predicted molar refractivity (Wildman–Crippen MR) is 104 cm³/mol. The molecule has 1 aromatic carbocycles. The van der Waals surface area contributed by atoms with E-state index in [0.29, 0.717) is 32.2 Å². The lowest BCUT2D eigenvalue weighted by Crippen LogP contribution is -2.48. The van der Waals surface area contributed by atoms with Gasteiger partial charge in [-0.2, -0.15) is 4.31 Å². The van der Waals surface area contributed by atoms with Crippen LogP contribution in [0.4, 0.5) is 0 Å². The third-order valence-corrected chi connectivity index (χ3v) is 7.55. The Morgan fingerprint density at radius 1 is 1.07 bits per heavy atom. The zero-order chi connectivity index (χ0) is 19.6. The van der Waals surface area contributed by atoms with Crippen molar-refractivity contribution >= 4 is 39.1 Å². The third kappa shape index (κ3) is 5.15. The first-order chi connectivity index (χ1) is 12.8. The van der Waals surface area contributed by atoms with Crippen molar-refractivity contribution in [1.29, 1.82) is 0 Å². The van der Waals surface area contributed by atoms with Crippen molar-refractivity contribution in [3.05, 3.63) is 28.2 Å². The molecule has 0 bridgehead atoms. The fourth-order valence-electron chi connectivity index (χ4n) is 3.74. The molecular weight excluding hydrogens is 411 g/mol. The van der Waals surface area contributed by atoms with Gasteiger partial charge in [-0.25, -0.2) is 8.42 Å². The van der Waals surface area contributed by atoms with Crippen molar-refractivity contribution in [3.8, 4) is 0 Å². The van der Waals surface area contributed by atoms with E-state index in [2.05, 4.69) is 5.32 Å². The number of halogens is 2. The van der Waals surface area contributed by atoms with Crippen LogP contribution in [0.5, 0.6) is 0 Å². The van der Waals surface area contributed by atoms with Crippen LogP contribution in [-0.2, 0) is 14.8 Å². The number of nitrogens with one attached hydrogen (secondary N) is 1. The number of sulfonamides is 1. The smallest absolute Gasteiger partial charge is 0.243 e. The highest BCUT2D eigenvalue weighted by molar-refractivity contribution is 7.89. The molecule has 1 aliphatic heterocycles. The molecule has 1 saturated carbocycles. The normalized spacial score (nSPS) is 27.3. The Morgan fingerprint density at radius 3 is 2.33 bits per heavy atom. The minimum atomic E-state index is -3.76. The predicted octanol–water partition coefficient (Wildman–Crippen LogP) is 2.81. The first-order valence-electron chi connectivity index (χ1n) is 9.20. The third-order valence-electron chi connectivity index (χ3n) is 5.27. The molecule has 150 valence electrons. The molecule has 27 heavy (non-hydrogen) atoms. The molecule has 1 aromatic rings. The van der Waals surface area contributed by atoms with Gasteiger partial charge in [-0.05, 0) is 56.7 Å². The summed E-state index contributed by atoms with van der Waals surface area (Å²) in [5, 5.41) is 13.1. The summed E-state index contributed by atoms with van der Waals surface area (Å²) < 4.78 is 27.2. The van der Waals surface area contributed by atoms with Gasteiger partial charge < -0.3 is 10.4 Å². The van der Waals surface area contributed by atoms with Gasteiger partial charge >= 0.3 is 0 Å². The SMILES string of the molecule is O=C(N[C@H]1CC[C@H](O)CC1)[C@H]1CCCN(S(=O)(=O)c2cc(Cl)cc(Cl)c2)C1. The topological polar surface area (TPSA) is 86.7 Å². The Kier molecular flexibility index (Phi) is 6.69. The van der Waals surface area contributed by atoms with Gasteiger partial charge in [0.25, 0.3) is 0 Å². The van der Waals surface area contributed by atoms with E-state index in [9.17, 15) is 18.3 Å². The molecule has 0 aromatic heterocycles. The molecule has 1 saturated heterocycles. The molecule has 1 atom stereocenters. The fraction of sp³-hybridized carbons (Fsp3) is 0.611. The van der Waals surface area contributed by atoms with E-state index in [-0.39, 0.29) is 45.5 Å². The molecular formula is C18H24Cl2N2O4S. The highest BCUT2D eigenvalue weighted by Crippen LogP contribution is 2.28. The number of hydrogen-bond donors (Lipinski definition) is 2. The number of nitrogens with zero attached hydrogens (tertiary/aromatic N) is 1. The largest absolute Gasteiger partial charge is 0.393 e. The summed E-state index contributed by atoms with van der Waals surface area (Å²) in [5.41, 5.74) is 0. The van der Waals surface area contributed by atoms with Gasteiger partial charge in [-0.3, -0.25) is 4.79 Å². The number of rotatable bonds is 4. The van der Waals surface area contributed by atoms with Crippen molar-refractivity contribution in [2.24, 2.45) is 5.92 Å². The molecule has 0 radical (unpaired) electrons. The van der Waals surface area contributed by atoms with Crippen LogP contribution >= 0.6 is 23.2 Å². The Balaban J connectivity index is 1.67. The second-order valence-corrected chi connectivity index (χ2v) is 10.1. The van der Waals surface area contributed by atoms with Crippen molar-refractivity contribution in [3.63, 3.8) is 0 Å². The maximum Gasteiger partial charge on any atom is 0.243 e. The zero-order valence-corrected chi connectivity index (χ0v) is 17.2. The van der Waals surface area contributed by atoms with Gasteiger partial charge in [0.15, 0.2) is 0 Å². The summed E-state index contributed by atoms with van der Waals surface area (Å²) in [6.45, 7) is 0.513. The molecule has 1 amide bonds. The van der Waals surface area contributed by atoms with Crippen LogP contribution in [0.3, 0.4) is 0 Å². The summed E-state index contributed by atoms with van der Waals surface area (Å²) in [5.74, 6) is -0.490. The van der Waals surface area contributed by atoms with Crippen molar-refractivity contribution in [2.75, 3.05) is 13.1 Å². The number of aliphatic hydroxyl groups excluding tert-OH is 1. The van der Waals surface area contributed by atoms with Crippen LogP contribution in [-0.4, -0.2) is 49.0 Å². The lowest BCUT2D eigenvalue weighted by molar-refractivity contribution is -0.127. The summed E-state index contributed by atoms with van der Waals surface area (Å²) in [7, 11) is -3.76. The average molecular weight is 435 g/mol. The maximum atomic E-state index is 12.9. The number of hydrogen-bond acceptors (Lipinski definition) is 4. The van der Waals surface area contributed by atoms with Crippen molar-refractivity contribution < 1.29 is 18.3 Å². The molecule has 1 aliphatic carbocycles. The quantitative estimate of drug-likeness (QED) is 0.762. The highest BCUT2D eigenvalue weighted by atomic mass is 35.5. The van der Waals surface area contributed by atoms with E-state index < -0.39 is 10.0 Å². The van der Waals surface area contributed by atoms with Crippen LogP contribution in [0.2, 0.25) is 10.0 Å². The van der Waals surface area contributed by atoms with Crippen LogP contribution in [0.15, 0.2) is 23.1 Å². The summed E-state index contributed by atoms with van der Waals surface area (Å²) in [6, 6.07) is 4.29. The number of aliphatic hydroxyl groups is 1. The van der Waals surface area contributed by atoms with E-state index in [0.717, 1.165) is 12.8 Å². The molecule has 1 heterocycles. The number of carbonyl (C=O) groups excluding carboxylic acids is 1. The molecule has 0 spiro atoms. The minimum absolute atomic E-state index is 0.0438. The number of amides is 1. The summed E-state index contributed by atoms with van der Waals surface area (Å²) >= 11 is 11.9. The first-order valence-corrected chi connectivity index (χ1v) is 11.4. The minimum Gasteiger partial charge on any atom is -0.393 e. The standard InChI is InChI=1S/C18H24Cl2N2O4S/c19-13-8-14(20)10-17(9-13)27(25,26)22-7-1-2-12(11-22)18(24)21-15-3-5-16(23)6-4-15/h8-10,12,15-16,23H,1-7,11H2,(H,21,24)/t12-,15-,16-/m0/s1. The summed E-state index contributed by atoms with van der Waals surface area (Å²) in [6.07, 6.45) is 3.87. The van der Waals surface area contributed by atoms with E-state index in [1.165, 1.54) is 22.5 Å². The van der Waals surface area contributed by atoms with E-state index >= 15 is 0 Å². The Bertz CT molecular complexity index is 774. The highest BCUT2D eigenvalue weighted by Gasteiger charge is 2.34. The van der Waals surface area contributed by atoms with Gasteiger partial charge in [0, 0.05) is 29.2 Å². The molecule has 3 rings (SSSR count). The zero-order valence-electron chi connectivity index (χ0n) is 14.9. The molecule has 6 nitrogen and oxygen atoms in total. The number of benzene rings is 1. The second-order valence-electron chi connectivity index (χ2n) is 7.32. The van der Waals surface area contributed by atoms with E-state index in [1.54, 1.807) is 0 Å². The van der Waals surface area contributed by atoms with Gasteiger partial charge in [0.1, 0.15) is 0 Å². The maximum absolute atomic E-state index is 12.9. The van der Waals surface area contributed by atoms with Gasteiger partial charge in [-0.1, -0.05) is 23.2 Å². The van der Waals surface area contributed by atoms with Crippen LogP contribution in [0.25, 0.3) is 0 Å². The Morgan fingerprint density at radius 2 is 1.70 bits per heavy atom. The van der Waals surface area contributed by atoms with Crippen LogP contribution in [0, 0.1) is 5.92 Å². The molecule has 2 fully saturated rings. The molecule has 2 N–H and O–H groups in total. The molecule has 2 aliphatic rings. The number of carbonyl (C=O) groups is 1. The Labute approximate surface area is 169 Å². The number of piperidine rings is 1. The average Bonchev–Trinajstić information content (AvgIpc) is 2.63. The van der Waals surface area contributed by atoms with Gasteiger partial charge in [-0.15, -0.1) is 0 Å². The van der Waals surface area contributed by atoms with Gasteiger partial charge in [0.05, 0.1) is 16.9 Å². The van der Waals surface area contributed by atoms with Crippen molar-refractivity contribution in [1.82, 2.24) is 9.62 Å². The summed E-state index contributed by atoms with van der Waals surface area (Å²) in [4.78, 5) is 12.7. The lowest BCUT2D eigenvalue weighted by Gasteiger charge is -2.33. The Hall–Kier alpha value is -0.860. The first kappa shape index (κ1) is 20.9. The van der Waals surface area contributed by atoms with Crippen LogP contribution < -0.4 is 5.32 Å². The van der Waals surface area contributed by atoms with Crippen molar-refractivity contribution in [2.45, 2.75) is 55.6 Å². The second kappa shape index (κ2) is 8.66. The molecule has 0 unspecified atom stereocenters. The van der Waals surface area contributed by atoms with E-state index in [1.807, 2.05) is 0 Å². The monoisotopic (exact) mass is 434 g/mol. The van der Waals surface area contributed by atoms with E-state index in [4.69, 9.17) is 23.2 Å². The van der Waals surface area contributed by atoms with Crippen LogP contribution in [0.1, 0.15) is 38.5 Å². The van der Waals surface area contributed by atoms with Gasteiger partial charge in [0.2, 0.25) is 15.9 Å². The molecule has 9 heteroatoms.